The molecule has 0 bridgehead atoms. The molecule has 0 spiro atoms. The van der Waals surface area contributed by atoms with Crippen LogP contribution in [0.3, 0.4) is 0 Å². The average molecular weight is 354 g/mol. The van der Waals surface area contributed by atoms with E-state index in [2.05, 4.69) is 22.1 Å². The summed E-state index contributed by atoms with van der Waals surface area (Å²) < 4.78 is 0. The predicted octanol–water partition coefficient (Wildman–Crippen LogP) is 2.00. The Morgan fingerprint density at radius 3 is 3.00 bits per heavy atom. The van der Waals surface area contributed by atoms with Crippen LogP contribution in [0.2, 0.25) is 0 Å². The molecule has 2 N–H and O–H groups in total. The van der Waals surface area contributed by atoms with Gasteiger partial charge in [-0.25, -0.2) is 0 Å². The van der Waals surface area contributed by atoms with Crippen LogP contribution in [0.5, 0.6) is 0 Å². The van der Waals surface area contributed by atoms with Crippen LogP contribution in [-0.2, 0) is 0 Å². The number of carbonyl (C=O) groups excluding carboxylic acids is 1. The summed E-state index contributed by atoms with van der Waals surface area (Å²) in [6.07, 6.45) is 6.63. The zero-order valence-corrected chi connectivity index (χ0v) is 15.2. The Morgan fingerprint density at radius 2 is 2.23 bits per heavy atom. The van der Waals surface area contributed by atoms with E-state index >= 15 is 0 Å². The van der Waals surface area contributed by atoms with Crippen molar-refractivity contribution in [3.8, 4) is 11.1 Å². The van der Waals surface area contributed by atoms with E-state index in [1.165, 1.54) is 0 Å². The SMILES string of the molecule is CN1CCC[C@]2(CO)CCN(C(=O)c3cccc(-c4cn[nH]c4)c3)C[C@@H]12. The van der Waals surface area contributed by atoms with Gasteiger partial charge in [-0.3, -0.25) is 9.89 Å². The van der Waals surface area contributed by atoms with Gasteiger partial charge in [0.05, 0.1) is 12.8 Å². The van der Waals surface area contributed by atoms with Crippen molar-refractivity contribution < 1.29 is 9.90 Å². The number of aliphatic hydroxyl groups excluding tert-OH is 1. The first kappa shape index (κ1) is 17.2. The number of H-pyrrole nitrogens is 1. The molecule has 1 aromatic carbocycles. The first-order chi connectivity index (χ1) is 12.6. The second-order valence-electron chi connectivity index (χ2n) is 7.69. The van der Waals surface area contributed by atoms with Gasteiger partial charge >= 0.3 is 0 Å². The van der Waals surface area contributed by atoms with E-state index in [-0.39, 0.29) is 24.0 Å². The minimum atomic E-state index is -0.0532. The maximum absolute atomic E-state index is 13.1. The zero-order chi connectivity index (χ0) is 18.1. The van der Waals surface area contributed by atoms with Gasteiger partial charge in [0.2, 0.25) is 0 Å². The van der Waals surface area contributed by atoms with Gasteiger partial charge in [0.15, 0.2) is 0 Å². The molecule has 0 unspecified atom stereocenters. The molecule has 1 amide bonds. The van der Waals surface area contributed by atoms with Gasteiger partial charge in [-0.1, -0.05) is 12.1 Å². The van der Waals surface area contributed by atoms with Crippen molar-refractivity contribution in [2.45, 2.75) is 25.3 Å². The summed E-state index contributed by atoms with van der Waals surface area (Å²) in [5.41, 5.74) is 2.62. The summed E-state index contributed by atoms with van der Waals surface area (Å²) in [6.45, 7) is 2.63. The number of hydrogen-bond acceptors (Lipinski definition) is 4. The minimum Gasteiger partial charge on any atom is -0.396 e. The van der Waals surface area contributed by atoms with Gasteiger partial charge in [-0.15, -0.1) is 0 Å². The van der Waals surface area contributed by atoms with Gasteiger partial charge in [-0.05, 0) is 50.6 Å². The van der Waals surface area contributed by atoms with Crippen molar-refractivity contribution in [1.82, 2.24) is 20.0 Å². The number of carbonyl (C=O) groups is 1. The van der Waals surface area contributed by atoms with Gasteiger partial charge in [0, 0.05) is 41.9 Å². The maximum Gasteiger partial charge on any atom is 0.253 e. The first-order valence-corrected chi connectivity index (χ1v) is 9.32. The molecular formula is C20H26N4O2. The van der Waals surface area contributed by atoms with E-state index < -0.39 is 0 Å². The summed E-state index contributed by atoms with van der Waals surface area (Å²) in [7, 11) is 2.11. The summed E-state index contributed by atoms with van der Waals surface area (Å²) >= 11 is 0. The van der Waals surface area contributed by atoms with Crippen LogP contribution >= 0.6 is 0 Å². The predicted molar refractivity (Wildman–Crippen MR) is 99.7 cm³/mol. The van der Waals surface area contributed by atoms with Crippen LogP contribution in [0.25, 0.3) is 11.1 Å². The molecular weight excluding hydrogens is 328 g/mol. The third-order valence-corrected chi connectivity index (χ3v) is 6.24. The first-order valence-electron chi connectivity index (χ1n) is 9.32. The van der Waals surface area contributed by atoms with E-state index in [1.807, 2.05) is 35.4 Å². The number of fused-ring (bicyclic) bond motifs is 1. The fourth-order valence-electron chi connectivity index (χ4n) is 4.62. The van der Waals surface area contributed by atoms with Crippen molar-refractivity contribution in [2.24, 2.45) is 5.41 Å². The lowest BCUT2D eigenvalue weighted by atomic mass is 9.69. The van der Waals surface area contributed by atoms with Crippen LogP contribution < -0.4 is 0 Å². The largest absolute Gasteiger partial charge is 0.396 e. The second-order valence-corrected chi connectivity index (χ2v) is 7.69. The summed E-state index contributed by atoms with van der Waals surface area (Å²) in [6, 6.07) is 7.96. The Bertz CT molecular complexity index is 776. The van der Waals surface area contributed by atoms with Gasteiger partial charge in [0.25, 0.3) is 5.91 Å². The van der Waals surface area contributed by atoms with E-state index in [0.29, 0.717) is 18.7 Å². The van der Waals surface area contributed by atoms with Gasteiger partial charge in [-0.2, -0.15) is 5.10 Å². The molecule has 2 atom stereocenters. The fraction of sp³-hybridized carbons (Fsp3) is 0.500. The highest BCUT2D eigenvalue weighted by molar-refractivity contribution is 5.95. The topological polar surface area (TPSA) is 72.5 Å². The summed E-state index contributed by atoms with van der Waals surface area (Å²) in [5, 5.41) is 16.8. The van der Waals surface area contributed by atoms with E-state index in [1.54, 1.807) is 6.20 Å². The average Bonchev–Trinajstić information content (AvgIpc) is 3.22. The van der Waals surface area contributed by atoms with E-state index in [4.69, 9.17) is 0 Å². The maximum atomic E-state index is 13.1. The molecule has 3 heterocycles. The molecule has 1 aromatic heterocycles. The monoisotopic (exact) mass is 354 g/mol. The van der Waals surface area contributed by atoms with Crippen LogP contribution in [0, 0.1) is 5.41 Å². The van der Waals surface area contributed by atoms with Crippen LogP contribution in [-0.4, -0.2) is 70.3 Å². The highest BCUT2D eigenvalue weighted by Gasteiger charge is 2.47. The Morgan fingerprint density at radius 1 is 1.35 bits per heavy atom. The number of likely N-dealkylation sites (tertiary alicyclic amines) is 2. The molecule has 4 rings (SSSR count). The lowest BCUT2D eigenvalue weighted by Crippen LogP contribution is -2.62. The quantitative estimate of drug-likeness (QED) is 0.884. The summed E-state index contributed by atoms with van der Waals surface area (Å²) in [5.74, 6) is 0.0702. The number of piperidine rings is 2. The molecule has 2 fully saturated rings. The number of aliphatic hydroxyl groups is 1. The number of rotatable bonds is 3. The number of likely N-dealkylation sites (N-methyl/N-ethyl adjacent to an activating group) is 1. The van der Waals surface area contributed by atoms with Crippen molar-refractivity contribution in [1.29, 1.82) is 0 Å². The minimum absolute atomic E-state index is 0.0532. The highest BCUT2D eigenvalue weighted by atomic mass is 16.3. The fourth-order valence-corrected chi connectivity index (χ4v) is 4.62. The zero-order valence-electron chi connectivity index (χ0n) is 15.2. The number of hydrogen-bond donors (Lipinski definition) is 2. The van der Waals surface area contributed by atoms with E-state index in [0.717, 1.165) is 36.9 Å². The van der Waals surface area contributed by atoms with Crippen LogP contribution in [0.1, 0.15) is 29.6 Å². The molecule has 0 saturated carbocycles. The van der Waals surface area contributed by atoms with Crippen molar-refractivity contribution in [3.05, 3.63) is 42.2 Å². The number of nitrogens with zero attached hydrogens (tertiary/aromatic N) is 3. The molecule has 0 aliphatic carbocycles. The standard InChI is InChI=1S/C20H26N4O2/c1-23-8-3-6-20(14-25)7-9-24(13-18(20)23)19(26)16-5-2-4-15(10-16)17-11-21-22-12-17/h2,4-5,10-12,18,25H,3,6-9,13-14H2,1H3,(H,21,22)/t18-,20-/m1/s1. The molecule has 26 heavy (non-hydrogen) atoms. The number of aromatic amines is 1. The third-order valence-electron chi connectivity index (χ3n) is 6.24. The Kier molecular flexibility index (Phi) is 4.54. The molecule has 6 nitrogen and oxygen atoms in total. The lowest BCUT2D eigenvalue weighted by Gasteiger charge is -2.53. The van der Waals surface area contributed by atoms with Crippen molar-refractivity contribution in [3.63, 3.8) is 0 Å². The molecule has 6 heteroatoms. The number of amides is 1. The summed E-state index contributed by atoms with van der Waals surface area (Å²) in [4.78, 5) is 17.4. The normalized spacial score (nSPS) is 26.5. The van der Waals surface area contributed by atoms with Crippen molar-refractivity contribution in [2.75, 3.05) is 33.3 Å². The lowest BCUT2D eigenvalue weighted by molar-refractivity contribution is -0.0601. The molecule has 0 radical (unpaired) electrons. The Hall–Kier alpha value is -2.18. The third kappa shape index (κ3) is 2.93. The smallest absolute Gasteiger partial charge is 0.253 e. The van der Waals surface area contributed by atoms with Crippen molar-refractivity contribution >= 4 is 5.91 Å². The Labute approximate surface area is 153 Å². The van der Waals surface area contributed by atoms with Crippen LogP contribution in [0.15, 0.2) is 36.7 Å². The molecule has 2 saturated heterocycles. The Balaban J connectivity index is 1.55. The number of aromatic nitrogens is 2. The molecule has 138 valence electrons. The highest BCUT2D eigenvalue weighted by Crippen LogP contribution is 2.41. The van der Waals surface area contributed by atoms with Crippen LogP contribution in [0.4, 0.5) is 0 Å². The molecule has 2 aliphatic heterocycles. The second kappa shape index (κ2) is 6.85. The van der Waals surface area contributed by atoms with Gasteiger partial charge < -0.3 is 14.9 Å². The van der Waals surface area contributed by atoms with Gasteiger partial charge in [0.1, 0.15) is 0 Å². The number of nitrogens with one attached hydrogen (secondary N) is 1. The molecule has 2 aromatic rings. The van der Waals surface area contributed by atoms with E-state index in [9.17, 15) is 9.90 Å². The number of benzene rings is 1. The molecule has 2 aliphatic rings.